The number of rotatable bonds is 3. The number of carbonyl (C=O) groups excluding carboxylic acids is 2. The SMILES string of the molecule is O=C1C[C@H](C(=O)NCc2nc3ccccc3c(=O)[nH]2)C2(CCCC2)O1. The molecular weight excluding hydrogens is 322 g/mol. The summed E-state index contributed by atoms with van der Waals surface area (Å²) in [5.74, 6) is -0.597. The second-order valence-electron chi connectivity index (χ2n) is 6.75. The van der Waals surface area contributed by atoms with Crippen LogP contribution in [0.25, 0.3) is 10.9 Å². The van der Waals surface area contributed by atoms with Crippen molar-refractivity contribution in [1.82, 2.24) is 15.3 Å². The van der Waals surface area contributed by atoms with Crippen LogP contribution in [0.2, 0.25) is 0 Å². The third-order valence-corrected chi connectivity index (χ3v) is 5.18. The number of H-pyrrole nitrogens is 1. The molecule has 1 aliphatic heterocycles. The fourth-order valence-corrected chi connectivity index (χ4v) is 3.96. The lowest BCUT2D eigenvalue weighted by Gasteiger charge is -2.27. The molecule has 130 valence electrons. The predicted molar refractivity (Wildman–Crippen MR) is 89.6 cm³/mol. The summed E-state index contributed by atoms with van der Waals surface area (Å²) in [6.45, 7) is 0.111. The number of hydrogen-bond acceptors (Lipinski definition) is 5. The first-order valence-corrected chi connectivity index (χ1v) is 8.55. The average Bonchev–Trinajstić information content (AvgIpc) is 3.20. The third kappa shape index (κ3) is 2.79. The Kier molecular flexibility index (Phi) is 3.78. The molecule has 2 N–H and O–H groups in total. The molecule has 1 aromatic heterocycles. The van der Waals surface area contributed by atoms with Crippen molar-refractivity contribution in [3.05, 3.63) is 40.4 Å². The molecule has 1 aromatic carbocycles. The number of esters is 1. The van der Waals surface area contributed by atoms with Gasteiger partial charge < -0.3 is 15.0 Å². The Morgan fingerprint density at radius 1 is 1.28 bits per heavy atom. The summed E-state index contributed by atoms with van der Waals surface area (Å²) in [6.07, 6.45) is 3.53. The second-order valence-corrected chi connectivity index (χ2v) is 6.75. The van der Waals surface area contributed by atoms with Gasteiger partial charge in [0.1, 0.15) is 11.4 Å². The molecule has 2 aromatic rings. The second kappa shape index (κ2) is 5.98. The molecule has 0 bridgehead atoms. The number of carbonyl (C=O) groups is 2. The summed E-state index contributed by atoms with van der Waals surface area (Å²) in [6, 6.07) is 7.04. The molecule has 1 saturated heterocycles. The predicted octanol–water partition coefficient (Wildman–Crippen LogP) is 1.42. The van der Waals surface area contributed by atoms with Crippen LogP contribution in [-0.4, -0.2) is 27.4 Å². The Bertz CT molecular complexity index is 899. The number of ether oxygens (including phenoxy) is 1. The van der Waals surface area contributed by atoms with Gasteiger partial charge >= 0.3 is 5.97 Å². The van der Waals surface area contributed by atoms with E-state index in [1.807, 2.05) is 6.07 Å². The van der Waals surface area contributed by atoms with E-state index < -0.39 is 11.5 Å². The zero-order valence-electron chi connectivity index (χ0n) is 13.7. The highest BCUT2D eigenvalue weighted by atomic mass is 16.6. The zero-order valence-corrected chi connectivity index (χ0v) is 13.7. The highest BCUT2D eigenvalue weighted by molar-refractivity contribution is 5.88. The molecule has 2 aliphatic rings. The molecule has 1 saturated carbocycles. The molecule has 0 radical (unpaired) electrons. The number of aromatic amines is 1. The van der Waals surface area contributed by atoms with Gasteiger partial charge in [-0.3, -0.25) is 14.4 Å². The van der Waals surface area contributed by atoms with Gasteiger partial charge in [0.15, 0.2) is 0 Å². The van der Waals surface area contributed by atoms with Crippen molar-refractivity contribution in [1.29, 1.82) is 0 Å². The first-order valence-electron chi connectivity index (χ1n) is 8.55. The van der Waals surface area contributed by atoms with Crippen LogP contribution in [0.1, 0.15) is 37.9 Å². The van der Waals surface area contributed by atoms with Crippen LogP contribution in [0.4, 0.5) is 0 Å². The zero-order chi connectivity index (χ0) is 17.4. The molecule has 1 aliphatic carbocycles. The molecule has 1 atom stereocenters. The van der Waals surface area contributed by atoms with E-state index in [1.54, 1.807) is 18.2 Å². The summed E-state index contributed by atoms with van der Waals surface area (Å²) >= 11 is 0. The maximum absolute atomic E-state index is 12.6. The number of nitrogens with one attached hydrogen (secondary N) is 2. The van der Waals surface area contributed by atoms with Gasteiger partial charge in [-0.15, -0.1) is 0 Å². The first-order chi connectivity index (χ1) is 12.1. The van der Waals surface area contributed by atoms with Gasteiger partial charge in [-0.25, -0.2) is 4.98 Å². The van der Waals surface area contributed by atoms with Gasteiger partial charge in [0.05, 0.1) is 29.8 Å². The Morgan fingerprint density at radius 2 is 2.04 bits per heavy atom. The average molecular weight is 341 g/mol. The summed E-state index contributed by atoms with van der Waals surface area (Å²) in [4.78, 5) is 43.5. The number of amides is 1. The van der Waals surface area contributed by atoms with Crippen molar-refractivity contribution < 1.29 is 14.3 Å². The van der Waals surface area contributed by atoms with Crippen LogP contribution in [0.15, 0.2) is 29.1 Å². The highest BCUT2D eigenvalue weighted by Gasteiger charge is 2.53. The minimum absolute atomic E-state index is 0.111. The lowest BCUT2D eigenvalue weighted by Crippen LogP contribution is -2.42. The summed E-state index contributed by atoms with van der Waals surface area (Å²) in [7, 11) is 0. The van der Waals surface area contributed by atoms with Crippen LogP contribution in [-0.2, 0) is 20.9 Å². The normalized spacial score (nSPS) is 21.6. The van der Waals surface area contributed by atoms with E-state index in [9.17, 15) is 14.4 Å². The van der Waals surface area contributed by atoms with E-state index in [0.29, 0.717) is 16.7 Å². The molecule has 2 heterocycles. The number of benzene rings is 1. The summed E-state index contributed by atoms with van der Waals surface area (Å²) in [5, 5.41) is 3.31. The van der Waals surface area contributed by atoms with Gasteiger partial charge in [-0.1, -0.05) is 12.1 Å². The van der Waals surface area contributed by atoms with Gasteiger partial charge in [0, 0.05) is 0 Å². The van der Waals surface area contributed by atoms with Gasteiger partial charge in [-0.2, -0.15) is 0 Å². The smallest absolute Gasteiger partial charge is 0.307 e. The van der Waals surface area contributed by atoms with E-state index in [-0.39, 0.29) is 30.4 Å². The monoisotopic (exact) mass is 341 g/mol. The fourth-order valence-electron chi connectivity index (χ4n) is 3.96. The Labute approximate surface area is 143 Å². The molecule has 7 nitrogen and oxygen atoms in total. The molecule has 0 unspecified atom stereocenters. The van der Waals surface area contributed by atoms with Crippen LogP contribution in [0.5, 0.6) is 0 Å². The third-order valence-electron chi connectivity index (χ3n) is 5.18. The molecule has 7 heteroatoms. The summed E-state index contributed by atoms with van der Waals surface area (Å²) < 4.78 is 5.50. The Hall–Kier alpha value is -2.70. The lowest BCUT2D eigenvalue weighted by atomic mass is 9.85. The van der Waals surface area contributed by atoms with Crippen molar-refractivity contribution in [3.63, 3.8) is 0 Å². The highest BCUT2D eigenvalue weighted by Crippen LogP contribution is 2.45. The topological polar surface area (TPSA) is 101 Å². The van der Waals surface area contributed by atoms with E-state index in [2.05, 4.69) is 15.3 Å². The minimum Gasteiger partial charge on any atom is -0.458 e. The van der Waals surface area contributed by atoms with Gasteiger partial charge in [0.25, 0.3) is 5.56 Å². The van der Waals surface area contributed by atoms with Crippen LogP contribution in [0, 0.1) is 5.92 Å². The quantitative estimate of drug-likeness (QED) is 0.822. The fraction of sp³-hybridized carbons (Fsp3) is 0.444. The lowest BCUT2D eigenvalue weighted by molar-refractivity contribution is -0.150. The standard InChI is InChI=1S/C18H19N3O4/c22-15-9-12(18(25-15)7-3-4-8-18)17(24)19-10-14-20-13-6-2-1-5-11(13)16(23)21-14/h1-2,5-6,12H,3-4,7-10H2,(H,19,24)(H,20,21,23)/t12-/m1/s1. The Morgan fingerprint density at radius 3 is 2.84 bits per heavy atom. The van der Waals surface area contributed by atoms with E-state index in [1.165, 1.54) is 0 Å². The number of aromatic nitrogens is 2. The van der Waals surface area contributed by atoms with E-state index in [4.69, 9.17) is 4.74 Å². The largest absolute Gasteiger partial charge is 0.458 e. The van der Waals surface area contributed by atoms with Crippen molar-refractivity contribution in [2.45, 2.75) is 44.2 Å². The van der Waals surface area contributed by atoms with Crippen LogP contribution in [0.3, 0.4) is 0 Å². The number of fused-ring (bicyclic) bond motifs is 1. The molecular formula is C18H19N3O4. The maximum Gasteiger partial charge on any atom is 0.307 e. The van der Waals surface area contributed by atoms with E-state index >= 15 is 0 Å². The molecule has 2 fully saturated rings. The number of nitrogens with zero attached hydrogens (tertiary/aromatic N) is 1. The van der Waals surface area contributed by atoms with Crippen LogP contribution >= 0.6 is 0 Å². The molecule has 4 rings (SSSR count). The molecule has 1 spiro atoms. The minimum atomic E-state index is -0.634. The van der Waals surface area contributed by atoms with Gasteiger partial charge in [-0.05, 0) is 37.8 Å². The van der Waals surface area contributed by atoms with Crippen molar-refractivity contribution in [2.75, 3.05) is 0 Å². The van der Waals surface area contributed by atoms with Crippen LogP contribution < -0.4 is 10.9 Å². The van der Waals surface area contributed by atoms with Crippen molar-refractivity contribution in [2.24, 2.45) is 5.92 Å². The van der Waals surface area contributed by atoms with Crippen molar-refractivity contribution in [3.8, 4) is 0 Å². The maximum atomic E-state index is 12.6. The Balaban J connectivity index is 1.50. The summed E-state index contributed by atoms with van der Waals surface area (Å²) in [5.41, 5.74) is -0.283. The first kappa shape index (κ1) is 15.8. The van der Waals surface area contributed by atoms with Crippen molar-refractivity contribution >= 4 is 22.8 Å². The van der Waals surface area contributed by atoms with Gasteiger partial charge in [0.2, 0.25) is 5.91 Å². The number of hydrogen-bond donors (Lipinski definition) is 2. The number of para-hydroxylation sites is 1. The molecule has 1 amide bonds. The van der Waals surface area contributed by atoms with E-state index in [0.717, 1.165) is 25.7 Å². The molecule has 25 heavy (non-hydrogen) atoms.